The van der Waals surface area contributed by atoms with Crippen LogP contribution in [0.4, 0.5) is 0 Å². The largest absolute Gasteiger partial charge is 0.464 e. The van der Waals surface area contributed by atoms with E-state index in [-0.39, 0.29) is 61.6 Å². The van der Waals surface area contributed by atoms with Crippen molar-refractivity contribution in [3.05, 3.63) is 0 Å². The molecule has 1 N–H and O–H groups in total. The van der Waals surface area contributed by atoms with Gasteiger partial charge in [0.25, 0.3) is 0 Å². The van der Waals surface area contributed by atoms with E-state index in [1.54, 1.807) is 34.6 Å². The second kappa shape index (κ2) is 26.9. The Morgan fingerprint density at radius 1 is 0.902 bits per heavy atom. The Kier molecular flexibility index (Phi) is 28.0. The van der Waals surface area contributed by atoms with Gasteiger partial charge in [-0.3, -0.25) is 19.2 Å². The van der Waals surface area contributed by atoms with Crippen molar-refractivity contribution in [2.75, 3.05) is 44.5 Å². The number of ether oxygens (including phenoxy) is 5. The molecule has 0 spiro atoms. The summed E-state index contributed by atoms with van der Waals surface area (Å²) in [7, 11) is 17.8. The Hall–Kier alpha value is 2.10. The third kappa shape index (κ3) is 24.5. The number of amides is 1. The van der Waals surface area contributed by atoms with Crippen LogP contribution < -0.4 is 5.32 Å². The van der Waals surface area contributed by atoms with E-state index in [9.17, 15) is 19.2 Å². The zero-order valence-electron chi connectivity index (χ0n) is 30.9. The van der Waals surface area contributed by atoms with Crippen LogP contribution >= 0.6 is 107 Å². The molecule has 9 atom stereocenters. The molecule has 0 saturated carbocycles. The van der Waals surface area contributed by atoms with Gasteiger partial charge in [0.15, 0.2) is 6.29 Å². The smallest absolute Gasteiger partial charge is 0.322 e. The lowest BCUT2D eigenvalue weighted by molar-refractivity contribution is -0.174. The maximum Gasteiger partial charge on any atom is 0.322 e. The van der Waals surface area contributed by atoms with Crippen molar-refractivity contribution in [2.24, 2.45) is 10.8 Å². The molecule has 1 aliphatic rings. The predicted molar refractivity (Wildman–Crippen MR) is 243 cm³/mol. The lowest BCUT2D eigenvalue weighted by Crippen LogP contribution is -2.40. The fourth-order valence-electron chi connectivity index (χ4n) is 4.27. The van der Waals surface area contributed by atoms with Gasteiger partial charge in [-0.25, -0.2) is 0 Å². The van der Waals surface area contributed by atoms with Gasteiger partial charge in [-0.15, -0.1) is 44.8 Å². The summed E-state index contributed by atoms with van der Waals surface area (Å²) in [5.74, 6) is -0.265. The Bertz CT molecular complexity index is 1080. The summed E-state index contributed by atoms with van der Waals surface area (Å²) in [4.78, 5) is 49.6. The Morgan fingerprint density at radius 3 is 1.88 bits per heavy atom. The molecule has 9 unspecified atom stereocenters. The van der Waals surface area contributed by atoms with E-state index in [0.29, 0.717) is 30.7 Å². The molecule has 1 saturated heterocycles. The average molecular weight is 999 g/mol. The number of halogens is 2. The molecule has 1 aliphatic heterocycles. The molecule has 1 fully saturated rings. The number of carbonyl (C=O) groups excluding carboxylic acids is 4. The Balaban J connectivity index is 0.00000277. The number of esters is 3. The molecule has 298 valence electrons. The molecule has 0 aromatic rings. The average Bonchev–Trinajstić information content (AvgIpc) is 3.02. The fourth-order valence-corrected chi connectivity index (χ4v) is 11.4. The molecule has 0 radical (unpaired) electrons. The van der Waals surface area contributed by atoms with Crippen molar-refractivity contribution < 1.29 is 42.9 Å². The first-order valence-corrected chi connectivity index (χ1v) is 26.2. The van der Waals surface area contributed by atoms with Crippen LogP contribution in [0.3, 0.4) is 0 Å². The van der Waals surface area contributed by atoms with Gasteiger partial charge in [0, 0.05) is 28.7 Å². The third-order valence-electron chi connectivity index (χ3n) is 7.07. The third-order valence-corrected chi connectivity index (χ3v) is 18.2. The lowest BCUT2D eigenvalue weighted by atomic mass is 9.83. The molecule has 1 amide bonds. The van der Waals surface area contributed by atoms with E-state index in [0.717, 1.165) is 27.4 Å². The van der Waals surface area contributed by atoms with E-state index in [1.165, 1.54) is 21.6 Å². The van der Waals surface area contributed by atoms with Crippen molar-refractivity contribution in [1.82, 2.24) is 5.32 Å². The topological polar surface area (TPSA) is 126 Å². The molecule has 0 aromatic heterocycles. The summed E-state index contributed by atoms with van der Waals surface area (Å²) in [5, 5.41) is 2.82. The van der Waals surface area contributed by atoms with E-state index in [1.807, 2.05) is 13.8 Å². The zero-order valence-corrected chi connectivity index (χ0v) is 42.5. The summed E-state index contributed by atoms with van der Waals surface area (Å²) in [6.45, 7) is 13.9. The van der Waals surface area contributed by atoms with E-state index in [2.05, 4.69) is 82.9 Å². The fraction of sp³-hybridized carbons (Fsp3) is 0.867. The predicted octanol–water partition coefficient (Wildman–Crippen LogP) is 7.45. The van der Waals surface area contributed by atoms with Gasteiger partial charge in [-0.05, 0) is 80.6 Å². The molecule has 1 heterocycles. The van der Waals surface area contributed by atoms with Gasteiger partial charge in [0.1, 0.15) is 24.1 Å². The number of carbonyl (C=O) groups is 4. The minimum Gasteiger partial charge on any atom is -0.464 e. The standard InChI is InChI=1S/C29H49Br2NO9S2.CH11BP6/c1-20(2)32-23(33)21(30)18-27(3,4)24(34)40-14-16-42-43-17-15-41-25(35)28(5,6)19-29(7,31)26(36)39-13-12-38-22-10-8-9-11-37-22;3-1(4,5)2(6)8-7/h20-22H,8-19H2,1-7H3,(H,32,33);8H,3-7H2. The van der Waals surface area contributed by atoms with Crippen LogP contribution in [0.25, 0.3) is 0 Å². The Labute approximate surface area is 345 Å². The lowest BCUT2D eigenvalue weighted by Gasteiger charge is -2.30. The van der Waals surface area contributed by atoms with Crippen LogP contribution in [0.2, 0.25) is 0 Å². The van der Waals surface area contributed by atoms with E-state index >= 15 is 0 Å². The highest BCUT2D eigenvalue weighted by Crippen LogP contribution is 2.48. The summed E-state index contributed by atoms with van der Waals surface area (Å²) in [5.41, 5.74) is -1.74. The number of rotatable bonds is 22. The highest BCUT2D eigenvalue weighted by atomic mass is 79.9. The van der Waals surface area contributed by atoms with Crippen LogP contribution in [-0.2, 0) is 42.9 Å². The summed E-state index contributed by atoms with van der Waals surface area (Å²) >= 11 is 6.80. The first-order valence-electron chi connectivity index (χ1n) is 16.7. The summed E-state index contributed by atoms with van der Waals surface area (Å²) in [6.07, 6.45) is 3.84. The molecule has 1 rings (SSSR count). The normalized spacial score (nSPS) is 17.2. The molecule has 0 aliphatic carbocycles. The molecule has 0 aromatic carbocycles. The summed E-state index contributed by atoms with van der Waals surface area (Å²) < 4.78 is 26.5. The zero-order chi connectivity index (χ0) is 39.5. The van der Waals surface area contributed by atoms with Gasteiger partial charge in [0.05, 0.1) is 22.3 Å². The van der Waals surface area contributed by atoms with Crippen LogP contribution in [-0.4, -0.2) is 101 Å². The number of hydrogen-bond acceptors (Lipinski definition) is 11. The number of hydrogen-bond donors (Lipinski definition) is 1. The van der Waals surface area contributed by atoms with Gasteiger partial charge in [-0.2, -0.15) is 9.12 Å². The highest BCUT2D eigenvalue weighted by molar-refractivity contribution is 9.10. The van der Waals surface area contributed by atoms with Crippen LogP contribution in [0.15, 0.2) is 0 Å². The maximum atomic E-state index is 12.7. The minimum atomic E-state index is -1.07. The second-order valence-electron chi connectivity index (χ2n) is 13.8. The van der Waals surface area contributed by atoms with Crippen molar-refractivity contribution in [1.29, 1.82) is 0 Å². The molecule has 21 heteroatoms. The first kappa shape index (κ1) is 53.1. The van der Waals surface area contributed by atoms with Crippen LogP contribution in [0.5, 0.6) is 0 Å². The second-order valence-corrected chi connectivity index (χ2v) is 27.7. The van der Waals surface area contributed by atoms with E-state index in [4.69, 9.17) is 23.7 Å². The van der Waals surface area contributed by atoms with Crippen molar-refractivity contribution in [3.63, 3.8) is 0 Å². The number of alkyl halides is 2. The van der Waals surface area contributed by atoms with E-state index < -0.39 is 31.9 Å². The van der Waals surface area contributed by atoms with Crippen molar-refractivity contribution >= 4 is 137 Å². The molecule has 0 bridgehead atoms. The van der Waals surface area contributed by atoms with Crippen molar-refractivity contribution in [2.45, 2.75) is 107 Å². The molecular formula is C30H60BBr2NO9P6S2. The minimum absolute atomic E-state index is 0.0195. The van der Waals surface area contributed by atoms with Crippen LogP contribution in [0.1, 0.15) is 80.6 Å². The highest BCUT2D eigenvalue weighted by Gasteiger charge is 2.42. The quantitative estimate of drug-likeness (QED) is 0.0221. The van der Waals surface area contributed by atoms with Gasteiger partial charge >= 0.3 is 17.9 Å². The SMILES string of the molecule is CC(C)NC(=O)C(Br)CC(C)(C)C(=O)OCCSSCCOC(=O)C(C)(C)CC(C)(Br)C(=O)OCCOC1CCCCO1.PPB(P)C(P)(P)P. The summed E-state index contributed by atoms with van der Waals surface area (Å²) in [6, 6.07) is 0.0195. The maximum absolute atomic E-state index is 12.7. The molecule has 51 heavy (non-hydrogen) atoms. The number of nitrogens with one attached hydrogen (secondary N) is 1. The van der Waals surface area contributed by atoms with Gasteiger partial charge < -0.3 is 29.0 Å². The first-order chi connectivity index (χ1) is 23.5. The molecule has 10 nitrogen and oxygen atoms in total. The molecular weight excluding hydrogens is 939 g/mol. The monoisotopic (exact) mass is 997 g/mol. The Morgan fingerprint density at radius 2 is 1.43 bits per heavy atom. The van der Waals surface area contributed by atoms with Gasteiger partial charge in [-0.1, -0.05) is 53.4 Å². The van der Waals surface area contributed by atoms with Crippen LogP contribution in [0, 0.1) is 10.8 Å². The van der Waals surface area contributed by atoms with Gasteiger partial charge in [0.2, 0.25) is 12.1 Å². The van der Waals surface area contributed by atoms with Crippen molar-refractivity contribution in [3.8, 4) is 0 Å².